The zero-order valence-electron chi connectivity index (χ0n) is 12.8. The Labute approximate surface area is 118 Å². The molecule has 2 rings (SSSR count). The molecule has 3 heteroatoms. The summed E-state index contributed by atoms with van der Waals surface area (Å²) in [6.07, 6.45) is 8.64. The first-order chi connectivity index (χ1) is 9.21. The summed E-state index contributed by atoms with van der Waals surface area (Å²) in [5.74, 6) is 0.702. The van der Waals surface area contributed by atoms with Crippen LogP contribution >= 0.6 is 0 Å². The molecule has 2 unspecified atom stereocenters. The van der Waals surface area contributed by atoms with E-state index < -0.39 is 0 Å². The van der Waals surface area contributed by atoms with E-state index in [1.807, 2.05) is 0 Å². The van der Waals surface area contributed by atoms with Gasteiger partial charge >= 0.3 is 0 Å². The summed E-state index contributed by atoms with van der Waals surface area (Å²) in [7, 11) is 0. The first kappa shape index (κ1) is 15.2. The molecule has 2 fully saturated rings. The van der Waals surface area contributed by atoms with Crippen molar-refractivity contribution in [3.05, 3.63) is 0 Å². The minimum atomic E-state index is -0.176. The molecule has 2 nitrogen and oxygen atoms in total. The third-order valence-corrected chi connectivity index (χ3v) is 5.35. The lowest BCUT2D eigenvalue weighted by molar-refractivity contribution is 0.0305. The van der Waals surface area contributed by atoms with Crippen LogP contribution in [0.1, 0.15) is 58.8 Å². The Morgan fingerprint density at radius 1 is 1.32 bits per heavy atom. The van der Waals surface area contributed by atoms with Gasteiger partial charge in [0.15, 0.2) is 0 Å². The van der Waals surface area contributed by atoms with Crippen molar-refractivity contribution in [1.29, 1.82) is 0 Å². The van der Waals surface area contributed by atoms with E-state index in [9.17, 15) is 4.39 Å². The van der Waals surface area contributed by atoms with Crippen molar-refractivity contribution in [1.82, 2.24) is 10.2 Å². The topological polar surface area (TPSA) is 15.3 Å². The van der Waals surface area contributed by atoms with Gasteiger partial charge in [-0.25, -0.2) is 0 Å². The monoisotopic (exact) mass is 270 g/mol. The molecule has 0 aromatic rings. The van der Waals surface area contributed by atoms with Gasteiger partial charge in [0, 0.05) is 31.2 Å². The Morgan fingerprint density at radius 2 is 2.05 bits per heavy atom. The molecule has 0 radical (unpaired) electrons. The van der Waals surface area contributed by atoms with E-state index >= 15 is 0 Å². The van der Waals surface area contributed by atoms with Gasteiger partial charge < -0.3 is 5.32 Å². The molecule has 1 aliphatic carbocycles. The van der Waals surface area contributed by atoms with E-state index in [1.165, 1.54) is 38.5 Å². The second kappa shape index (κ2) is 7.03. The van der Waals surface area contributed by atoms with Crippen molar-refractivity contribution >= 4 is 0 Å². The van der Waals surface area contributed by atoms with Gasteiger partial charge in [-0.2, -0.15) is 0 Å². The number of piperazine rings is 1. The van der Waals surface area contributed by atoms with Gasteiger partial charge in [-0.15, -0.1) is 0 Å². The van der Waals surface area contributed by atoms with E-state index in [0.29, 0.717) is 23.9 Å². The molecule has 0 bridgehead atoms. The van der Waals surface area contributed by atoms with E-state index in [2.05, 4.69) is 24.1 Å². The van der Waals surface area contributed by atoms with Crippen LogP contribution in [0.25, 0.3) is 0 Å². The minimum Gasteiger partial charge on any atom is -0.308 e. The van der Waals surface area contributed by atoms with Gasteiger partial charge in [-0.05, 0) is 25.2 Å². The van der Waals surface area contributed by atoms with Crippen molar-refractivity contribution in [2.75, 3.05) is 26.3 Å². The van der Waals surface area contributed by atoms with Crippen molar-refractivity contribution in [3.8, 4) is 0 Å². The molecule has 2 atom stereocenters. The lowest BCUT2D eigenvalue weighted by Crippen LogP contribution is -2.66. The second-order valence-electron chi connectivity index (χ2n) is 6.69. The lowest BCUT2D eigenvalue weighted by atomic mass is 9.78. The van der Waals surface area contributed by atoms with Crippen LogP contribution in [0.4, 0.5) is 4.39 Å². The van der Waals surface area contributed by atoms with Gasteiger partial charge in [0.2, 0.25) is 0 Å². The normalized spacial score (nSPS) is 29.5. The molecule has 1 saturated carbocycles. The smallest absolute Gasteiger partial charge is 0.0906 e. The predicted molar refractivity (Wildman–Crippen MR) is 79.2 cm³/mol. The first-order valence-corrected chi connectivity index (χ1v) is 8.26. The number of hydrogen-bond acceptors (Lipinski definition) is 2. The molecule has 1 spiro atoms. The molecule has 19 heavy (non-hydrogen) atoms. The van der Waals surface area contributed by atoms with Crippen molar-refractivity contribution < 1.29 is 4.39 Å². The first-order valence-electron chi connectivity index (χ1n) is 8.26. The van der Waals surface area contributed by atoms with Crippen LogP contribution in [-0.2, 0) is 0 Å². The van der Waals surface area contributed by atoms with Crippen LogP contribution < -0.4 is 5.32 Å². The third kappa shape index (κ3) is 3.69. The number of rotatable bonds is 5. The number of nitrogens with one attached hydrogen (secondary N) is 1. The van der Waals surface area contributed by atoms with Crippen LogP contribution in [-0.4, -0.2) is 42.8 Å². The summed E-state index contributed by atoms with van der Waals surface area (Å²) in [6.45, 7) is 7.61. The molecular weight excluding hydrogens is 239 g/mol. The fourth-order valence-corrected chi connectivity index (χ4v) is 3.92. The van der Waals surface area contributed by atoms with Crippen molar-refractivity contribution in [3.63, 3.8) is 0 Å². The predicted octanol–water partition coefficient (Wildman–Crippen LogP) is 3.37. The maximum atomic E-state index is 12.5. The molecule has 2 aliphatic rings. The molecular formula is C16H31FN2. The number of nitrogens with zero attached hydrogens (tertiary/aromatic N) is 1. The highest BCUT2D eigenvalue weighted by atomic mass is 19.1. The highest BCUT2D eigenvalue weighted by molar-refractivity contribution is 5.00. The SMILES string of the molecule is CCC(C)C1CNC2(CCCCC2)CN1CCCF. The maximum Gasteiger partial charge on any atom is 0.0906 e. The molecule has 1 aliphatic heterocycles. The summed E-state index contributed by atoms with van der Waals surface area (Å²) in [6, 6.07) is 0.601. The lowest BCUT2D eigenvalue weighted by Gasteiger charge is -2.51. The van der Waals surface area contributed by atoms with E-state index in [4.69, 9.17) is 0 Å². The Bertz CT molecular complexity index is 263. The summed E-state index contributed by atoms with van der Waals surface area (Å²) < 4.78 is 12.5. The zero-order valence-corrected chi connectivity index (χ0v) is 12.8. The summed E-state index contributed by atoms with van der Waals surface area (Å²) in [4.78, 5) is 2.59. The molecule has 1 saturated heterocycles. The Kier molecular flexibility index (Phi) is 5.64. The average molecular weight is 270 g/mol. The maximum absolute atomic E-state index is 12.5. The van der Waals surface area contributed by atoms with Crippen LogP contribution in [0.3, 0.4) is 0 Å². The fraction of sp³-hybridized carbons (Fsp3) is 1.00. The molecule has 0 aromatic heterocycles. The molecule has 1 N–H and O–H groups in total. The number of halogens is 1. The Balaban J connectivity index is 2.00. The number of hydrogen-bond donors (Lipinski definition) is 1. The molecule has 1 heterocycles. The fourth-order valence-electron chi connectivity index (χ4n) is 3.92. The van der Waals surface area contributed by atoms with Gasteiger partial charge in [0.05, 0.1) is 6.67 Å². The van der Waals surface area contributed by atoms with E-state index in [1.54, 1.807) is 0 Å². The standard InChI is InChI=1S/C16H31FN2/c1-3-14(2)15-12-18-16(8-5-4-6-9-16)13-19(15)11-7-10-17/h14-15,18H,3-13H2,1-2H3. The van der Waals surface area contributed by atoms with Gasteiger partial charge in [-0.1, -0.05) is 39.5 Å². The van der Waals surface area contributed by atoms with Crippen LogP contribution in [0.2, 0.25) is 0 Å². The quantitative estimate of drug-likeness (QED) is 0.824. The molecule has 112 valence electrons. The Hall–Kier alpha value is -0.150. The largest absolute Gasteiger partial charge is 0.308 e. The molecule has 0 amide bonds. The Morgan fingerprint density at radius 3 is 2.68 bits per heavy atom. The van der Waals surface area contributed by atoms with Gasteiger partial charge in [0.25, 0.3) is 0 Å². The van der Waals surface area contributed by atoms with E-state index in [0.717, 1.165) is 19.6 Å². The summed E-state index contributed by atoms with van der Waals surface area (Å²) in [5, 5.41) is 3.87. The third-order valence-electron chi connectivity index (χ3n) is 5.35. The van der Waals surface area contributed by atoms with E-state index in [-0.39, 0.29) is 6.67 Å². The van der Waals surface area contributed by atoms with Crippen molar-refractivity contribution in [2.45, 2.75) is 70.4 Å². The van der Waals surface area contributed by atoms with Crippen molar-refractivity contribution in [2.24, 2.45) is 5.92 Å². The summed E-state index contributed by atoms with van der Waals surface area (Å²) in [5.41, 5.74) is 0.346. The second-order valence-corrected chi connectivity index (χ2v) is 6.69. The highest BCUT2D eigenvalue weighted by Crippen LogP contribution is 2.33. The average Bonchev–Trinajstić information content (AvgIpc) is 2.45. The highest BCUT2D eigenvalue weighted by Gasteiger charge is 2.40. The zero-order chi connectivity index (χ0) is 13.7. The summed E-state index contributed by atoms with van der Waals surface area (Å²) >= 11 is 0. The molecule has 0 aromatic carbocycles. The van der Waals surface area contributed by atoms with Crippen LogP contribution in [0.5, 0.6) is 0 Å². The minimum absolute atomic E-state index is 0.176. The van der Waals surface area contributed by atoms with Gasteiger partial charge in [-0.3, -0.25) is 9.29 Å². The number of alkyl halides is 1. The van der Waals surface area contributed by atoms with Gasteiger partial charge in [0.1, 0.15) is 0 Å². The van der Waals surface area contributed by atoms with Crippen LogP contribution in [0, 0.1) is 5.92 Å². The van der Waals surface area contributed by atoms with Crippen LogP contribution in [0.15, 0.2) is 0 Å².